The third-order valence-corrected chi connectivity index (χ3v) is 5.10. The van der Waals surface area contributed by atoms with Gasteiger partial charge in [0.15, 0.2) is 0 Å². The summed E-state index contributed by atoms with van der Waals surface area (Å²) in [5.74, 6) is 1.13. The Balaban J connectivity index is 2.18. The second-order valence-electron chi connectivity index (χ2n) is 6.31. The molecule has 2 rings (SSSR count). The molecule has 118 valence electrons. The zero-order chi connectivity index (χ0) is 15.2. The smallest absolute Gasteiger partial charge is 0.142 e. The van der Waals surface area contributed by atoms with E-state index >= 15 is 0 Å². The highest BCUT2D eigenvalue weighted by Crippen LogP contribution is 2.39. The van der Waals surface area contributed by atoms with Crippen molar-refractivity contribution in [2.75, 3.05) is 6.54 Å². The Hall–Kier alpha value is -0.600. The van der Waals surface area contributed by atoms with Gasteiger partial charge in [0.25, 0.3) is 0 Å². The molecule has 0 bridgehead atoms. The van der Waals surface area contributed by atoms with Crippen molar-refractivity contribution >= 4 is 11.6 Å². The molecule has 0 aromatic heterocycles. The highest BCUT2D eigenvalue weighted by atomic mass is 35.5. The third-order valence-electron chi connectivity index (χ3n) is 4.79. The van der Waals surface area contributed by atoms with Crippen molar-refractivity contribution in [3.63, 3.8) is 0 Å². The van der Waals surface area contributed by atoms with Gasteiger partial charge in [0, 0.05) is 6.04 Å². The van der Waals surface area contributed by atoms with Crippen LogP contribution in [0.4, 0.5) is 4.39 Å². The molecule has 1 aromatic carbocycles. The molecule has 3 unspecified atom stereocenters. The van der Waals surface area contributed by atoms with E-state index in [1.54, 1.807) is 12.1 Å². The van der Waals surface area contributed by atoms with Crippen molar-refractivity contribution < 1.29 is 4.39 Å². The van der Waals surface area contributed by atoms with E-state index in [1.165, 1.54) is 32.1 Å². The topological polar surface area (TPSA) is 12.0 Å². The number of rotatable bonds is 6. The van der Waals surface area contributed by atoms with E-state index in [4.69, 9.17) is 11.6 Å². The lowest BCUT2D eigenvalue weighted by molar-refractivity contribution is 0.209. The van der Waals surface area contributed by atoms with E-state index in [0.717, 1.165) is 24.4 Å². The number of nitrogens with one attached hydrogen (secondary N) is 1. The maximum Gasteiger partial charge on any atom is 0.142 e. The molecule has 3 atom stereocenters. The molecule has 1 N–H and O–H groups in total. The lowest BCUT2D eigenvalue weighted by Gasteiger charge is -2.35. The molecule has 0 radical (unpaired) electrons. The van der Waals surface area contributed by atoms with E-state index in [9.17, 15) is 4.39 Å². The van der Waals surface area contributed by atoms with Crippen LogP contribution in [0.25, 0.3) is 0 Å². The van der Waals surface area contributed by atoms with E-state index in [2.05, 4.69) is 19.2 Å². The van der Waals surface area contributed by atoms with Crippen LogP contribution in [-0.4, -0.2) is 6.54 Å². The minimum Gasteiger partial charge on any atom is -0.310 e. The van der Waals surface area contributed by atoms with Crippen LogP contribution in [0.15, 0.2) is 18.2 Å². The van der Waals surface area contributed by atoms with Crippen molar-refractivity contribution in [3.05, 3.63) is 34.6 Å². The second kappa shape index (κ2) is 8.14. The van der Waals surface area contributed by atoms with Gasteiger partial charge in [-0.05, 0) is 55.3 Å². The summed E-state index contributed by atoms with van der Waals surface area (Å²) in [5, 5.41) is 3.85. The van der Waals surface area contributed by atoms with Crippen LogP contribution in [0, 0.1) is 17.7 Å². The second-order valence-corrected chi connectivity index (χ2v) is 6.71. The maximum absolute atomic E-state index is 13.8. The Labute approximate surface area is 133 Å². The largest absolute Gasteiger partial charge is 0.310 e. The highest BCUT2D eigenvalue weighted by Gasteiger charge is 2.28. The fraction of sp³-hybridized carbons (Fsp3) is 0.667. The van der Waals surface area contributed by atoms with Crippen LogP contribution in [0.2, 0.25) is 5.02 Å². The van der Waals surface area contributed by atoms with Gasteiger partial charge in [-0.1, -0.05) is 50.8 Å². The molecule has 1 nitrogen and oxygen atoms in total. The Bertz CT molecular complexity index is 449. The third kappa shape index (κ3) is 4.43. The predicted molar refractivity (Wildman–Crippen MR) is 88.2 cm³/mol. The molecular formula is C18H27ClFN. The van der Waals surface area contributed by atoms with E-state index < -0.39 is 0 Å². The van der Waals surface area contributed by atoms with Crippen LogP contribution in [0.5, 0.6) is 0 Å². The van der Waals surface area contributed by atoms with Crippen molar-refractivity contribution in [2.24, 2.45) is 11.8 Å². The number of halogens is 2. The Morgan fingerprint density at radius 2 is 2.14 bits per heavy atom. The first kappa shape index (κ1) is 16.8. The predicted octanol–water partition coefficient (Wildman–Crippen LogP) is 5.74. The van der Waals surface area contributed by atoms with Crippen LogP contribution in [0.3, 0.4) is 0 Å². The van der Waals surface area contributed by atoms with E-state index in [0.29, 0.717) is 5.92 Å². The van der Waals surface area contributed by atoms with Crippen molar-refractivity contribution in [2.45, 2.75) is 58.4 Å². The van der Waals surface area contributed by atoms with Gasteiger partial charge in [-0.25, -0.2) is 4.39 Å². The van der Waals surface area contributed by atoms with Gasteiger partial charge in [0.1, 0.15) is 5.82 Å². The van der Waals surface area contributed by atoms with Crippen LogP contribution < -0.4 is 5.32 Å². The van der Waals surface area contributed by atoms with Gasteiger partial charge in [0.2, 0.25) is 0 Å². The van der Waals surface area contributed by atoms with E-state index in [-0.39, 0.29) is 16.9 Å². The van der Waals surface area contributed by atoms with Gasteiger partial charge >= 0.3 is 0 Å². The Morgan fingerprint density at radius 3 is 2.81 bits per heavy atom. The van der Waals surface area contributed by atoms with Gasteiger partial charge in [-0.3, -0.25) is 0 Å². The van der Waals surface area contributed by atoms with Crippen molar-refractivity contribution in [3.8, 4) is 0 Å². The van der Waals surface area contributed by atoms with Crippen LogP contribution >= 0.6 is 11.6 Å². The summed E-state index contributed by atoms with van der Waals surface area (Å²) >= 11 is 5.83. The van der Waals surface area contributed by atoms with Crippen LogP contribution in [0.1, 0.15) is 64.0 Å². The summed E-state index contributed by atoms with van der Waals surface area (Å²) in [6.45, 7) is 5.42. The fourth-order valence-corrected chi connectivity index (χ4v) is 3.69. The van der Waals surface area contributed by atoms with E-state index in [1.807, 2.05) is 6.07 Å². The fourth-order valence-electron chi connectivity index (χ4n) is 3.57. The summed E-state index contributed by atoms with van der Waals surface area (Å²) in [4.78, 5) is 0. The van der Waals surface area contributed by atoms with Crippen molar-refractivity contribution in [1.29, 1.82) is 0 Å². The minimum absolute atomic E-state index is 0.211. The zero-order valence-corrected chi connectivity index (χ0v) is 13.9. The molecule has 21 heavy (non-hydrogen) atoms. The molecule has 0 amide bonds. The van der Waals surface area contributed by atoms with Crippen molar-refractivity contribution in [1.82, 2.24) is 5.32 Å². The maximum atomic E-state index is 13.8. The minimum atomic E-state index is -0.305. The summed E-state index contributed by atoms with van der Waals surface area (Å²) in [6.07, 6.45) is 7.48. The molecule has 3 heteroatoms. The summed E-state index contributed by atoms with van der Waals surface area (Å²) in [6, 6.07) is 5.54. The van der Waals surface area contributed by atoms with Gasteiger partial charge < -0.3 is 5.32 Å². The molecule has 0 heterocycles. The average molecular weight is 312 g/mol. The first-order valence-corrected chi connectivity index (χ1v) is 8.71. The summed E-state index contributed by atoms with van der Waals surface area (Å²) in [5.41, 5.74) is 1.05. The van der Waals surface area contributed by atoms with Gasteiger partial charge in [0.05, 0.1) is 5.02 Å². The number of benzene rings is 1. The molecule has 1 fully saturated rings. The lowest BCUT2D eigenvalue weighted by atomic mass is 9.75. The molecule has 1 aliphatic rings. The molecular weight excluding hydrogens is 285 g/mol. The van der Waals surface area contributed by atoms with Gasteiger partial charge in [-0.2, -0.15) is 0 Å². The first-order valence-electron chi connectivity index (χ1n) is 8.34. The molecule has 0 aliphatic heterocycles. The lowest BCUT2D eigenvalue weighted by Crippen LogP contribution is -2.32. The standard InChI is InChI=1S/C18H27ClFN/c1-3-10-21-18(14-7-5-6-13(4-2)11-14)15-8-9-16(19)17(20)12-15/h8-9,12-14,18,21H,3-7,10-11H2,1-2H3. The Morgan fingerprint density at radius 1 is 1.33 bits per heavy atom. The Kier molecular flexibility index (Phi) is 6.50. The molecule has 1 saturated carbocycles. The normalized spacial score (nSPS) is 24.0. The molecule has 1 aliphatic carbocycles. The van der Waals surface area contributed by atoms with Gasteiger partial charge in [-0.15, -0.1) is 0 Å². The molecule has 0 spiro atoms. The molecule has 0 saturated heterocycles. The first-order chi connectivity index (χ1) is 10.2. The monoisotopic (exact) mass is 311 g/mol. The number of hydrogen-bond donors (Lipinski definition) is 1. The summed E-state index contributed by atoms with van der Waals surface area (Å²) in [7, 11) is 0. The number of hydrogen-bond acceptors (Lipinski definition) is 1. The highest BCUT2D eigenvalue weighted by molar-refractivity contribution is 6.30. The summed E-state index contributed by atoms with van der Waals surface area (Å²) < 4.78 is 13.8. The quantitative estimate of drug-likeness (QED) is 0.706. The zero-order valence-electron chi connectivity index (χ0n) is 13.2. The SMILES string of the molecule is CCCNC(c1ccc(Cl)c(F)c1)C1CCCC(CC)C1. The van der Waals surface area contributed by atoms with Crippen LogP contribution in [-0.2, 0) is 0 Å². The average Bonchev–Trinajstić information content (AvgIpc) is 2.51. The molecule has 1 aromatic rings.